The second kappa shape index (κ2) is 4.87. The first kappa shape index (κ1) is 13.3. The van der Waals surface area contributed by atoms with Crippen LogP contribution in [-0.4, -0.2) is 47.3 Å². The van der Waals surface area contributed by atoms with E-state index in [-0.39, 0.29) is 6.04 Å². The molecule has 0 aromatic rings. The van der Waals surface area contributed by atoms with Crippen molar-refractivity contribution in [3.05, 3.63) is 0 Å². The molecule has 0 radical (unpaired) electrons. The van der Waals surface area contributed by atoms with Gasteiger partial charge in [-0.05, 0) is 66.0 Å². The molecule has 2 aliphatic heterocycles. The van der Waals surface area contributed by atoms with E-state index in [1.807, 2.05) is 13.8 Å². The van der Waals surface area contributed by atoms with Gasteiger partial charge in [-0.25, -0.2) is 0 Å². The molecule has 2 aliphatic rings. The smallest absolute Gasteiger partial charge is 0.0741 e. The van der Waals surface area contributed by atoms with Gasteiger partial charge in [-0.3, -0.25) is 0 Å². The molecule has 0 saturated carbocycles. The van der Waals surface area contributed by atoms with Gasteiger partial charge >= 0.3 is 0 Å². The summed E-state index contributed by atoms with van der Waals surface area (Å²) in [5, 5.41) is 13.4. The molecular weight excluding hydrogens is 212 g/mol. The molecule has 3 atom stereocenters. The van der Waals surface area contributed by atoms with E-state index < -0.39 is 5.60 Å². The van der Waals surface area contributed by atoms with Gasteiger partial charge in [0.15, 0.2) is 0 Å². The molecule has 0 aromatic carbocycles. The Morgan fingerprint density at radius 3 is 2.29 bits per heavy atom. The third kappa shape index (κ3) is 3.01. The minimum atomic E-state index is -0.621. The first-order valence-corrected chi connectivity index (χ1v) is 7.05. The Labute approximate surface area is 106 Å². The normalized spacial score (nSPS) is 36.2. The molecule has 3 heteroatoms. The molecule has 0 amide bonds. The van der Waals surface area contributed by atoms with Gasteiger partial charge in [0.05, 0.1) is 5.60 Å². The molecule has 0 aliphatic carbocycles. The highest BCUT2D eigenvalue weighted by molar-refractivity contribution is 4.94. The van der Waals surface area contributed by atoms with Gasteiger partial charge < -0.3 is 15.3 Å². The molecule has 3 unspecified atom stereocenters. The zero-order valence-electron chi connectivity index (χ0n) is 11.7. The van der Waals surface area contributed by atoms with Crippen LogP contribution < -0.4 is 5.32 Å². The summed E-state index contributed by atoms with van der Waals surface area (Å²) in [6.07, 6.45) is 5.44. The van der Waals surface area contributed by atoms with Crippen LogP contribution >= 0.6 is 0 Å². The molecule has 17 heavy (non-hydrogen) atoms. The number of piperidine rings is 1. The van der Waals surface area contributed by atoms with E-state index in [1.165, 1.54) is 25.7 Å². The van der Waals surface area contributed by atoms with Crippen molar-refractivity contribution < 1.29 is 5.11 Å². The Bertz CT molecular complexity index is 247. The summed E-state index contributed by atoms with van der Waals surface area (Å²) in [6.45, 7) is 6.89. The zero-order valence-corrected chi connectivity index (χ0v) is 11.7. The molecule has 2 fully saturated rings. The van der Waals surface area contributed by atoms with Gasteiger partial charge in [0.2, 0.25) is 0 Å². The molecule has 2 heterocycles. The van der Waals surface area contributed by atoms with Crippen molar-refractivity contribution in [3.8, 4) is 0 Å². The van der Waals surface area contributed by atoms with Gasteiger partial charge in [-0.2, -0.15) is 0 Å². The van der Waals surface area contributed by atoms with Gasteiger partial charge in [0.25, 0.3) is 0 Å². The lowest BCUT2D eigenvalue weighted by Gasteiger charge is -2.37. The third-order valence-corrected chi connectivity index (χ3v) is 4.97. The maximum absolute atomic E-state index is 9.90. The van der Waals surface area contributed by atoms with Gasteiger partial charge in [0, 0.05) is 18.1 Å². The highest BCUT2D eigenvalue weighted by Crippen LogP contribution is 2.37. The number of aliphatic hydroxyl groups is 1. The SMILES string of the molecule is CC(NCC1CC2CCC(C1)N2C)C(C)(C)O. The summed E-state index contributed by atoms with van der Waals surface area (Å²) in [5.74, 6) is 0.800. The van der Waals surface area contributed by atoms with Crippen LogP contribution in [0.15, 0.2) is 0 Å². The number of nitrogens with zero attached hydrogens (tertiary/aromatic N) is 1. The average Bonchev–Trinajstić information content (AvgIpc) is 2.50. The minimum Gasteiger partial charge on any atom is -0.389 e. The first-order chi connectivity index (χ1) is 7.88. The molecule has 100 valence electrons. The van der Waals surface area contributed by atoms with E-state index in [1.54, 1.807) is 0 Å². The molecule has 0 spiro atoms. The fraction of sp³-hybridized carbons (Fsp3) is 1.00. The van der Waals surface area contributed by atoms with E-state index in [2.05, 4.69) is 24.2 Å². The molecule has 2 N–H and O–H groups in total. The van der Waals surface area contributed by atoms with Crippen LogP contribution in [0.25, 0.3) is 0 Å². The predicted molar refractivity (Wildman–Crippen MR) is 71.1 cm³/mol. The van der Waals surface area contributed by atoms with Crippen LogP contribution in [0.1, 0.15) is 46.5 Å². The molecule has 0 aromatic heterocycles. The van der Waals surface area contributed by atoms with Crippen LogP contribution in [0.2, 0.25) is 0 Å². The quantitative estimate of drug-likeness (QED) is 0.783. The monoisotopic (exact) mass is 240 g/mol. The second-order valence-corrected chi connectivity index (χ2v) is 6.67. The lowest BCUT2D eigenvalue weighted by atomic mass is 9.90. The van der Waals surface area contributed by atoms with Gasteiger partial charge in [-0.1, -0.05) is 0 Å². The summed E-state index contributed by atoms with van der Waals surface area (Å²) >= 11 is 0. The molecule has 2 saturated heterocycles. The summed E-state index contributed by atoms with van der Waals surface area (Å²) in [7, 11) is 2.28. The standard InChI is InChI=1S/C14H28N2O/c1-10(14(2,3)17)15-9-11-7-12-5-6-13(8-11)16(12)4/h10-13,15,17H,5-9H2,1-4H3. The van der Waals surface area contributed by atoms with Crippen molar-refractivity contribution in [2.75, 3.05) is 13.6 Å². The van der Waals surface area contributed by atoms with E-state index in [9.17, 15) is 5.11 Å². The average molecular weight is 240 g/mol. The van der Waals surface area contributed by atoms with E-state index >= 15 is 0 Å². The summed E-state index contributed by atoms with van der Waals surface area (Å²) < 4.78 is 0. The highest BCUT2D eigenvalue weighted by atomic mass is 16.3. The Morgan fingerprint density at radius 2 is 1.82 bits per heavy atom. The van der Waals surface area contributed by atoms with E-state index in [0.717, 1.165) is 24.5 Å². The van der Waals surface area contributed by atoms with Crippen LogP contribution in [0.5, 0.6) is 0 Å². The summed E-state index contributed by atoms with van der Waals surface area (Å²) in [6, 6.07) is 1.80. The summed E-state index contributed by atoms with van der Waals surface area (Å²) in [5.41, 5.74) is -0.621. The fourth-order valence-electron chi connectivity index (χ4n) is 3.28. The largest absolute Gasteiger partial charge is 0.389 e. The number of fused-ring (bicyclic) bond motifs is 2. The predicted octanol–water partition coefficient (Wildman–Crippen LogP) is 1.61. The summed E-state index contributed by atoms with van der Waals surface area (Å²) in [4.78, 5) is 2.58. The van der Waals surface area contributed by atoms with Crippen molar-refractivity contribution in [2.45, 2.75) is 70.2 Å². The lowest BCUT2D eigenvalue weighted by Crippen LogP contribution is -2.48. The molecule has 3 nitrogen and oxygen atoms in total. The molecule has 2 rings (SSSR count). The second-order valence-electron chi connectivity index (χ2n) is 6.67. The van der Waals surface area contributed by atoms with Crippen molar-refractivity contribution >= 4 is 0 Å². The topological polar surface area (TPSA) is 35.5 Å². The number of hydrogen-bond acceptors (Lipinski definition) is 3. The van der Waals surface area contributed by atoms with Crippen molar-refractivity contribution in [2.24, 2.45) is 5.92 Å². The Kier molecular flexibility index (Phi) is 3.81. The lowest BCUT2D eigenvalue weighted by molar-refractivity contribution is 0.0398. The van der Waals surface area contributed by atoms with Gasteiger partial charge in [-0.15, -0.1) is 0 Å². The highest BCUT2D eigenvalue weighted by Gasteiger charge is 2.38. The maximum Gasteiger partial charge on any atom is 0.0741 e. The van der Waals surface area contributed by atoms with Crippen LogP contribution in [0.3, 0.4) is 0 Å². The van der Waals surface area contributed by atoms with Crippen molar-refractivity contribution in [1.82, 2.24) is 10.2 Å². The van der Waals surface area contributed by atoms with Crippen LogP contribution in [0.4, 0.5) is 0 Å². The van der Waals surface area contributed by atoms with Crippen molar-refractivity contribution in [1.29, 1.82) is 0 Å². The van der Waals surface area contributed by atoms with E-state index in [0.29, 0.717) is 0 Å². The van der Waals surface area contributed by atoms with Gasteiger partial charge in [0.1, 0.15) is 0 Å². The Hall–Kier alpha value is -0.120. The minimum absolute atomic E-state index is 0.166. The first-order valence-electron chi connectivity index (χ1n) is 7.05. The number of nitrogens with one attached hydrogen (secondary N) is 1. The fourth-order valence-corrected chi connectivity index (χ4v) is 3.28. The van der Waals surface area contributed by atoms with Crippen LogP contribution in [0, 0.1) is 5.92 Å². The maximum atomic E-state index is 9.90. The molecule has 2 bridgehead atoms. The van der Waals surface area contributed by atoms with E-state index in [4.69, 9.17) is 0 Å². The third-order valence-electron chi connectivity index (χ3n) is 4.97. The van der Waals surface area contributed by atoms with Crippen molar-refractivity contribution in [3.63, 3.8) is 0 Å². The van der Waals surface area contributed by atoms with Crippen LogP contribution in [-0.2, 0) is 0 Å². The Morgan fingerprint density at radius 1 is 1.29 bits per heavy atom. The molecular formula is C14H28N2O. The Balaban J connectivity index is 1.78. The number of hydrogen-bond donors (Lipinski definition) is 2. The zero-order chi connectivity index (χ0) is 12.6. The number of rotatable bonds is 4.